The van der Waals surface area contributed by atoms with Crippen molar-refractivity contribution in [3.8, 4) is 0 Å². The van der Waals surface area contributed by atoms with Crippen LogP contribution in [0.2, 0.25) is 0 Å². The fourth-order valence-corrected chi connectivity index (χ4v) is 1.45. The zero-order valence-corrected chi connectivity index (χ0v) is 10.4. The number of carbonyl (C=O) groups is 1. The first-order valence-corrected chi connectivity index (χ1v) is 5.80. The van der Waals surface area contributed by atoms with Gasteiger partial charge in [0.05, 0.1) is 19.1 Å². The predicted molar refractivity (Wildman–Crippen MR) is 66.3 cm³/mol. The van der Waals surface area contributed by atoms with E-state index in [0.29, 0.717) is 0 Å². The van der Waals surface area contributed by atoms with Gasteiger partial charge in [0.1, 0.15) is 0 Å². The number of amides is 2. The molecule has 112 valence electrons. The van der Waals surface area contributed by atoms with Gasteiger partial charge in [0, 0.05) is 12.2 Å². The van der Waals surface area contributed by atoms with E-state index in [1.165, 1.54) is 24.3 Å². The molecule has 4 N–H and O–H groups in total. The minimum Gasteiger partial charge on any atom is -0.394 e. The molecule has 0 saturated carbocycles. The maximum atomic E-state index is 12.4. The van der Waals surface area contributed by atoms with Gasteiger partial charge in [-0.05, 0) is 11.6 Å². The van der Waals surface area contributed by atoms with Gasteiger partial charge in [0.2, 0.25) is 0 Å². The smallest absolute Gasteiger partial charge is 0.393 e. The normalized spacial score (nSPS) is 12.8. The van der Waals surface area contributed by atoms with Crippen molar-refractivity contribution < 1.29 is 28.2 Å². The third-order valence-corrected chi connectivity index (χ3v) is 2.37. The fourth-order valence-electron chi connectivity index (χ4n) is 1.45. The number of carbonyl (C=O) groups excluding carboxylic acids is 1. The van der Waals surface area contributed by atoms with Crippen LogP contribution in [0.5, 0.6) is 0 Å². The Bertz CT molecular complexity index is 452. The Hall–Kier alpha value is -1.80. The lowest BCUT2D eigenvalue weighted by atomic mass is 10.1. The minimum absolute atomic E-state index is 0.0424. The molecule has 0 fully saturated rings. The molecule has 1 unspecified atom stereocenters. The molecular formula is C12H15F3N2O3. The number of halogens is 3. The summed E-state index contributed by atoms with van der Waals surface area (Å²) in [5.41, 5.74) is -0.0151. The summed E-state index contributed by atoms with van der Waals surface area (Å²) >= 11 is 0. The maximum absolute atomic E-state index is 12.4. The van der Waals surface area contributed by atoms with Crippen LogP contribution in [-0.2, 0) is 6.42 Å². The minimum atomic E-state index is -4.37. The summed E-state index contributed by atoms with van der Waals surface area (Å²) in [4.78, 5) is 11.5. The van der Waals surface area contributed by atoms with Crippen LogP contribution in [0.3, 0.4) is 0 Å². The molecular weight excluding hydrogens is 277 g/mol. The molecule has 0 saturated heterocycles. The Labute approximate surface area is 113 Å². The largest absolute Gasteiger partial charge is 0.394 e. The van der Waals surface area contributed by atoms with Crippen LogP contribution in [-0.4, -0.2) is 41.7 Å². The predicted octanol–water partition coefficient (Wildman–Crippen LogP) is 1.27. The van der Waals surface area contributed by atoms with Gasteiger partial charge < -0.3 is 20.8 Å². The molecule has 20 heavy (non-hydrogen) atoms. The van der Waals surface area contributed by atoms with Crippen LogP contribution in [0.1, 0.15) is 5.56 Å². The molecule has 1 atom stereocenters. The van der Waals surface area contributed by atoms with Crippen LogP contribution in [0.4, 0.5) is 23.7 Å². The van der Waals surface area contributed by atoms with Crippen LogP contribution in [0.25, 0.3) is 0 Å². The van der Waals surface area contributed by atoms with Gasteiger partial charge in [-0.3, -0.25) is 0 Å². The average Bonchev–Trinajstić information content (AvgIpc) is 2.36. The van der Waals surface area contributed by atoms with E-state index in [-0.39, 0.29) is 17.8 Å². The Morgan fingerprint density at radius 2 is 1.95 bits per heavy atom. The maximum Gasteiger partial charge on any atom is 0.393 e. The van der Waals surface area contributed by atoms with Crippen molar-refractivity contribution in [3.05, 3.63) is 29.8 Å². The van der Waals surface area contributed by atoms with Crippen molar-refractivity contribution in [1.82, 2.24) is 5.32 Å². The average molecular weight is 292 g/mol. The highest BCUT2D eigenvalue weighted by Crippen LogP contribution is 2.25. The molecule has 1 aromatic rings. The standard InChI is InChI=1S/C12H15F3N2O3/c13-12(14,15)5-8-3-1-2-4-10(8)17-11(20)16-6-9(19)7-18/h1-4,9,18-19H,5-7H2,(H2,16,17,20). The number of aliphatic hydroxyl groups is 2. The van der Waals surface area contributed by atoms with Crippen molar-refractivity contribution in [2.24, 2.45) is 0 Å². The van der Waals surface area contributed by atoms with Crippen LogP contribution < -0.4 is 10.6 Å². The number of para-hydroxylation sites is 1. The lowest BCUT2D eigenvalue weighted by molar-refractivity contribution is -0.127. The third kappa shape index (κ3) is 5.89. The molecule has 1 aromatic carbocycles. The molecule has 0 heterocycles. The van der Waals surface area contributed by atoms with Crippen molar-refractivity contribution in [2.45, 2.75) is 18.7 Å². The highest BCUT2D eigenvalue weighted by Gasteiger charge is 2.28. The van der Waals surface area contributed by atoms with Crippen molar-refractivity contribution in [2.75, 3.05) is 18.5 Å². The lowest BCUT2D eigenvalue weighted by Gasteiger charge is -2.14. The molecule has 8 heteroatoms. The van der Waals surface area contributed by atoms with Crippen molar-refractivity contribution in [3.63, 3.8) is 0 Å². The Morgan fingerprint density at radius 3 is 2.55 bits per heavy atom. The van der Waals surface area contributed by atoms with Crippen molar-refractivity contribution in [1.29, 1.82) is 0 Å². The summed E-state index contributed by atoms with van der Waals surface area (Å²) in [6, 6.07) is 4.80. The number of rotatable bonds is 5. The molecule has 2 amide bonds. The highest BCUT2D eigenvalue weighted by molar-refractivity contribution is 5.90. The molecule has 0 aliphatic carbocycles. The van der Waals surface area contributed by atoms with E-state index in [9.17, 15) is 18.0 Å². The number of hydrogen-bond donors (Lipinski definition) is 4. The first kappa shape index (κ1) is 16.3. The molecule has 0 bridgehead atoms. The van der Waals surface area contributed by atoms with E-state index in [1.54, 1.807) is 0 Å². The van der Waals surface area contributed by atoms with Crippen LogP contribution in [0.15, 0.2) is 24.3 Å². The van der Waals surface area contributed by atoms with Gasteiger partial charge in [-0.25, -0.2) is 4.79 Å². The number of hydrogen-bond acceptors (Lipinski definition) is 3. The molecule has 5 nitrogen and oxygen atoms in total. The summed E-state index contributed by atoms with van der Waals surface area (Å²) in [6.07, 6.45) is -6.64. The second kappa shape index (κ2) is 7.11. The highest BCUT2D eigenvalue weighted by atomic mass is 19.4. The van der Waals surface area contributed by atoms with E-state index in [2.05, 4.69) is 10.6 Å². The van der Waals surface area contributed by atoms with Crippen molar-refractivity contribution >= 4 is 11.7 Å². The second-order valence-electron chi connectivity index (χ2n) is 4.12. The van der Waals surface area contributed by atoms with Gasteiger partial charge in [-0.15, -0.1) is 0 Å². The number of benzene rings is 1. The van der Waals surface area contributed by atoms with Crippen LogP contribution in [0, 0.1) is 0 Å². The topological polar surface area (TPSA) is 81.6 Å². The number of anilines is 1. The number of aliphatic hydroxyl groups excluding tert-OH is 2. The quantitative estimate of drug-likeness (QED) is 0.659. The lowest BCUT2D eigenvalue weighted by Crippen LogP contribution is -2.36. The number of nitrogens with one attached hydrogen (secondary N) is 2. The van der Waals surface area contributed by atoms with Gasteiger partial charge >= 0.3 is 12.2 Å². The molecule has 0 aliphatic rings. The summed E-state index contributed by atoms with van der Waals surface area (Å²) in [7, 11) is 0. The first-order chi connectivity index (χ1) is 9.31. The fraction of sp³-hybridized carbons (Fsp3) is 0.417. The van der Waals surface area contributed by atoms with Crippen LogP contribution >= 0.6 is 0 Å². The molecule has 0 radical (unpaired) electrons. The zero-order chi connectivity index (χ0) is 15.2. The Morgan fingerprint density at radius 1 is 1.30 bits per heavy atom. The zero-order valence-electron chi connectivity index (χ0n) is 10.4. The number of alkyl halides is 3. The van der Waals surface area contributed by atoms with E-state index in [4.69, 9.17) is 10.2 Å². The van der Waals surface area contributed by atoms with E-state index < -0.39 is 31.3 Å². The van der Waals surface area contributed by atoms with E-state index >= 15 is 0 Å². The molecule has 0 aromatic heterocycles. The van der Waals surface area contributed by atoms with Gasteiger partial charge in [-0.2, -0.15) is 13.2 Å². The first-order valence-electron chi connectivity index (χ1n) is 5.80. The molecule has 0 aliphatic heterocycles. The summed E-state index contributed by atoms with van der Waals surface area (Å²) in [5, 5.41) is 22.1. The Balaban J connectivity index is 2.65. The van der Waals surface area contributed by atoms with Gasteiger partial charge in [-0.1, -0.05) is 18.2 Å². The third-order valence-electron chi connectivity index (χ3n) is 2.37. The Kier molecular flexibility index (Phi) is 5.78. The summed E-state index contributed by atoms with van der Waals surface area (Å²) in [5.74, 6) is 0. The monoisotopic (exact) mass is 292 g/mol. The summed E-state index contributed by atoms with van der Waals surface area (Å²) < 4.78 is 37.1. The SMILES string of the molecule is O=C(NCC(O)CO)Nc1ccccc1CC(F)(F)F. The molecule has 0 spiro atoms. The number of urea groups is 1. The van der Waals surface area contributed by atoms with E-state index in [0.717, 1.165) is 0 Å². The van der Waals surface area contributed by atoms with Gasteiger partial charge in [0.25, 0.3) is 0 Å². The summed E-state index contributed by atoms with van der Waals surface area (Å²) in [6.45, 7) is -0.727. The molecule has 1 rings (SSSR count). The van der Waals surface area contributed by atoms with Gasteiger partial charge in [0.15, 0.2) is 0 Å². The second-order valence-corrected chi connectivity index (χ2v) is 4.12. The van der Waals surface area contributed by atoms with E-state index in [1.807, 2.05) is 0 Å².